The first-order valence-electron chi connectivity index (χ1n) is 5.28. The minimum Gasteiger partial charge on any atom is -0.388 e. The summed E-state index contributed by atoms with van der Waals surface area (Å²) >= 11 is 0. The molecule has 78 valence electrons. The largest absolute Gasteiger partial charge is 0.388 e. The highest BCUT2D eigenvalue weighted by Gasteiger charge is 2.49. The molecule has 0 amide bonds. The Morgan fingerprint density at radius 1 is 1.43 bits per heavy atom. The monoisotopic (exact) mass is 194 g/mol. The van der Waals surface area contributed by atoms with E-state index in [1.165, 1.54) is 0 Å². The van der Waals surface area contributed by atoms with E-state index in [0.717, 1.165) is 12.8 Å². The molecular weight excluding hydrogens is 176 g/mol. The van der Waals surface area contributed by atoms with Gasteiger partial charge in [-0.3, -0.25) is 0 Å². The molecule has 0 aromatic carbocycles. The molecule has 1 fully saturated rings. The lowest BCUT2D eigenvalue weighted by atomic mass is 9.92. The van der Waals surface area contributed by atoms with Gasteiger partial charge in [-0.25, -0.2) is 0 Å². The van der Waals surface area contributed by atoms with Crippen molar-refractivity contribution in [3.05, 3.63) is 24.3 Å². The van der Waals surface area contributed by atoms with Gasteiger partial charge in [0.1, 0.15) is 6.10 Å². The molecule has 1 aliphatic heterocycles. The van der Waals surface area contributed by atoms with Crippen molar-refractivity contribution in [3.63, 3.8) is 0 Å². The van der Waals surface area contributed by atoms with E-state index in [1.54, 1.807) is 0 Å². The average molecular weight is 194 g/mol. The number of hydrogen-bond acceptors (Lipinski definition) is 2. The summed E-state index contributed by atoms with van der Waals surface area (Å²) in [7, 11) is 0. The third-order valence-corrected chi connectivity index (χ3v) is 2.88. The van der Waals surface area contributed by atoms with Crippen molar-refractivity contribution < 1.29 is 9.84 Å². The van der Waals surface area contributed by atoms with Gasteiger partial charge < -0.3 is 9.84 Å². The maximum absolute atomic E-state index is 9.70. The Bertz CT molecular complexity index is 260. The second-order valence-corrected chi connectivity index (χ2v) is 4.79. The maximum atomic E-state index is 9.70. The fourth-order valence-electron chi connectivity index (χ4n) is 2.05. The molecule has 0 radical (unpaired) electrons. The van der Waals surface area contributed by atoms with Gasteiger partial charge in [0.15, 0.2) is 0 Å². The highest BCUT2D eigenvalue weighted by Crippen LogP contribution is 2.37. The Kier molecular flexibility index (Phi) is 2.50. The summed E-state index contributed by atoms with van der Waals surface area (Å²) in [6.07, 6.45) is 11.0. The summed E-state index contributed by atoms with van der Waals surface area (Å²) in [6.45, 7) is 3.63. The summed E-state index contributed by atoms with van der Waals surface area (Å²) in [5.41, 5.74) is -0.682. The predicted octanol–water partition coefficient (Wildman–Crippen LogP) is 2.05. The van der Waals surface area contributed by atoms with E-state index >= 15 is 0 Å². The van der Waals surface area contributed by atoms with Crippen molar-refractivity contribution in [2.45, 2.75) is 44.5 Å². The SMILES string of the molecule is CC(C)(O)C1OC1CC1C=CC=CC1. The number of hydrogen-bond donors (Lipinski definition) is 1. The molecular formula is C12H18O2. The predicted molar refractivity (Wildman–Crippen MR) is 56.0 cm³/mol. The van der Waals surface area contributed by atoms with Crippen LogP contribution in [0, 0.1) is 5.92 Å². The Balaban J connectivity index is 1.79. The fraction of sp³-hybridized carbons (Fsp3) is 0.667. The van der Waals surface area contributed by atoms with Gasteiger partial charge in [-0.2, -0.15) is 0 Å². The van der Waals surface area contributed by atoms with Gasteiger partial charge in [-0.15, -0.1) is 0 Å². The second-order valence-electron chi connectivity index (χ2n) is 4.79. The molecule has 1 saturated heterocycles. The Hall–Kier alpha value is -0.600. The van der Waals surface area contributed by atoms with Crippen molar-refractivity contribution in [2.24, 2.45) is 5.92 Å². The first-order chi connectivity index (χ1) is 6.57. The molecule has 1 aliphatic carbocycles. The summed E-state index contributed by atoms with van der Waals surface area (Å²) in [6, 6.07) is 0. The summed E-state index contributed by atoms with van der Waals surface area (Å²) in [5.74, 6) is 0.595. The zero-order valence-electron chi connectivity index (χ0n) is 8.81. The van der Waals surface area contributed by atoms with Gasteiger partial charge in [-0.1, -0.05) is 24.3 Å². The van der Waals surface area contributed by atoms with E-state index in [-0.39, 0.29) is 12.2 Å². The van der Waals surface area contributed by atoms with Crippen LogP contribution in [-0.2, 0) is 4.74 Å². The van der Waals surface area contributed by atoms with Crippen molar-refractivity contribution in [1.82, 2.24) is 0 Å². The van der Waals surface area contributed by atoms with Crippen LogP contribution in [-0.4, -0.2) is 22.9 Å². The highest BCUT2D eigenvalue weighted by atomic mass is 16.6. The van der Waals surface area contributed by atoms with E-state index in [0.29, 0.717) is 5.92 Å². The Morgan fingerprint density at radius 3 is 2.71 bits per heavy atom. The molecule has 2 aliphatic rings. The van der Waals surface area contributed by atoms with Crippen LogP contribution in [0.15, 0.2) is 24.3 Å². The number of allylic oxidation sites excluding steroid dienone is 4. The molecule has 1 heterocycles. The van der Waals surface area contributed by atoms with Gasteiger partial charge in [0, 0.05) is 0 Å². The maximum Gasteiger partial charge on any atom is 0.112 e. The van der Waals surface area contributed by atoms with Gasteiger partial charge in [0.05, 0.1) is 11.7 Å². The van der Waals surface area contributed by atoms with Crippen LogP contribution in [0.2, 0.25) is 0 Å². The highest BCUT2D eigenvalue weighted by molar-refractivity contribution is 5.12. The van der Waals surface area contributed by atoms with Gasteiger partial charge in [0.2, 0.25) is 0 Å². The lowest BCUT2D eigenvalue weighted by Crippen LogP contribution is -2.28. The van der Waals surface area contributed by atoms with Gasteiger partial charge >= 0.3 is 0 Å². The summed E-state index contributed by atoms with van der Waals surface area (Å²) in [5, 5.41) is 9.70. The number of epoxide rings is 1. The third kappa shape index (κ3) is 2.25. The topological polar surface area (TPSA) is 32.8 Å². The Labute approximate surface area is 85.3 Å². The van der Waals surface area contributed by atoms with E-state index in [4.69, 9.17) is 4.74 Å². The molecule has 3 unspecified atom stereocenters. The zero-order valence-corrected chi connectivity index (χ0v) is 8.81. The second kappa shape index (κ2) is 3.52. The van der Waals surface area contributed by atoms with Crippen LogP contribution in [0.3, 0.4) is 0 Å². The molecule has 2 rings (SSSR count). The van der Waals surface area contributed by atoms with Gasteiger partial charge in [-0.05, 0) is 32.6 Å². The van der Waals surface area contributed by atoms with Crippen LogP contribution in [0.4, 0.5) is 0 Å². The molecule has 0 aromatic heterocycles. The number of aliphatic hydroxyl groups is 1. The van der Waals surface area contributed by atoms with Gasteiger partial charge in [0.25, 0.3) is 0 Å². The van der Waals surface area contributed by atoms with E-state index in [1.807, 2.05) is 13.8 Å². The van der Waals surface area contributed by atoms with Crippen LogP contribution >= 0.6 is 0 Å². The number of rotatable bonds is 3. The van der Waals surface area contributed by atoms with E-state index < -0.39 is 5.60 Å². The smallest absolute Gasteiger partial charge is 0.112 e. The minimum atomic E-state index is -0.682. The van der Waals surface area contributed by atoms with Crippen molar-refractivity contribution in [1.29, 1.82) is 0 Å². The molecule has 0 aromatic rings. The fourth-order valence-corrected chi connectivity index (χ4v) is 2.05. The van der Waals surface area contributed by atoms with Crippen LogP contribution < -0.4 is 0 Å². The first kappa shape index (κ1) is 9.94. The average Bonchev–Trinajstić information content (AvgIpc) is 2.85. The quantitative estimate of drug-likeness (QED) is 0.697. The van der Waals surface area contributed by atoms with E-state index in [2.05, 4.69) is 24.3 Å². The summed E-state index contributed by atoms with van der Waals surface area (Å²) in [4.78, 5) is 0. The third-order valence-electron chi connectivity index (χ3n) is 2.88. The standard InChI is InChI=1S/C12H18O2/c1-12(2,13)11-10(14-11)8-9-6-4-3-5-7-9/h3-6,9-11,13H,7-8H2,1-2H3. The number of ether oxygens (including phenoxy) is 1. The minimum absolute atomic E-state index is 0.0433. The molecule has 0 saturated carbocycles. The van der Waals surface area contributed by atoms with Crippen molar-refractivity contribution in [2.75, 3.05) is 0 Å². The zero-order chi connectivity index (χ0) is 10.2. The molecule has 2 nitrogen and oxygen atoms in total. The first-order valence-corrected chi connectivity index (χ1v) is 5.28. The molecule has 1 N–H and O–H groups in total. The van der Waals surface area contributed by atoms with Crippen LogP contribution in [0.1, 0.15) is 26.7 Å². The molecule has 2 heteroatoms. The summed E-state index contributed by atoms with van der Waals surface area (Å²) < 4.78 is 5.48. The lowest BCUT2D eigenvalue weighted by Gasteiger charge is -2.15. The lowest BCUT2D eigenvalue weighted by molar-refractivity contribution is 0.0482. The van der Waals surface area contributed by atoms with Crippen LogP contribution in [0.5, 0.6) is 0 Å². The molecule has 14 heavy (non-hydrogen) atoms. The molecule has 3 atom stereocenters. The van der Waals surface area contributed by atoms with Crippen LogP contribution in [0.25, 0.3) is 0 Å². The normalized spacial score (nSPS) is 36.1. The van der Waals surface area contributed by atoms with Crippen molar-refractivity contribution in [3.8, 4) is 0 Å². The molecule has 0 spiro atoms. The van der Waals surface area contributed by atoms with Crippen molar-refractivity contribution >= 4 is 0 Å². The molecule has 0 bridgehead atoms. The van der Waals surface area contributed by atoms with E-state index in [9.17, 15) is 5.11 Å². The Morgan fingerprint density at radius 2 is 2.21 bits per heavy atom.